The summed E-state index contributed by atoms with van der Waals surface area (Å²) >= 11 is 1.53. The highest BCUT2D eigenvalue weighted by molar-refractivity contribution is 7.99. The zero-order valence-corrected chi connectivity index (χ0v) is 16.0. The van der Waals surface area contributed by atoms with Gasteiger partial charge in [-0.05, 0) is 49.4 Å². The molecule has 6 heteroatoms. The van der Waals surface area contributed by atoms with Crippen molar-refractivity contribution in [1.82, 2.24) is 5.32 Å². The van der Waals surface area contributed by atoms with Crippen LogP contribution >= 0.6 is 11.8 Å². The number of carbonyl (C=O) groups is 1. The van der Waals surface area contributed by atoms with Gasteiger partial charge in [0, 0.05) is 18.0 Å². The van der Waals surface area contributed by atoms with Gasteiger partial charge in [0.2, 0.25) is 0 Å². The maximum Gasteiger partial charge on any atom is 0.257 e. The fourth-order valence-corrected chi connectivity index (χ4v) is 4.41. The number of nitrogens with one attached hydrogen (secondary N) is 1. The molecule has 2 aromatic carbocycles. The Morgan fingerprint density at radius 3 is 2.62 bits per heavy atom. The van der Waals surface area contributed by atoms with Crippen molar-refractivity contribution >= 4 is 23.4 Å². The van der Waals surface area contributed by atoms with Gasteiger partial charge in [-0.3, -0.25) is 4.79 Å². The van der Waals surface area contributed by atoms with Crippen LogP contribution in [0.4, 0.5) is 5.69 Å². The van der Waals surface area contributed by atoms with Gasteiger partial charge in [-0.25, -0.2) is 0 Å². The lowest BCUT2D eigenvalue weighted by Gasteiger charge is -2.25. The van der Waals surface area contributed by atoms with Crippen LogP contribution in [-0.4, -0.2) is 44.4 Å². The van der Waals surface area contributed by atoms with E-state index in [0.717, 1.165) is 27.5 Å². The van der Waals surface area contributed by atoms with Crippen molar-refractivity contribution in [2.75, 3.05) is 32.1 Å². The first kappa shape index (κ1) is 18.8. The van der Waals surface area contributed by atoms with Crippen molar-refractivity contribution in [3.63, 3.8) is 0 Å². The highest BCUT2D eigenvalue weighted by Crippen LogP contribution is 2.46. The molecule has 0 saturated carbocycles. The number of nitrogens with zero attached hydrogens (tertiary/aromatic N) is 1. The number of rotatable bonds is 5. The van der Waals surface area contributed by atoms with Crippen LogP contribution in [-0.2, 0) is 4.79 Å². The smallest absolute Gasteiger partial charge is 0.257 e. The van der Waals surface area contributed by atoms with E-state index >= 15 is 0 Å². The Morgan fingerprint density at radius 1 is 1.23 bits per heavy atom. The molecule has 0 unspecified atom stereocenters. The van der Waals surface area contributed by atoms with E-state index in [4.69, 9.17) is 4.74 Å². The number of hydrogen-bond donors (Lipinski definition) is 2. The van der Waals surface area contributed by atoms with Gasteiger partial charge < -0.3 is 20.1 Å². The lowest BCUT2D eigenvalue weighted by Crippen LogP contribution is -2.43. The molecule has 0 aliphatic carbocycles. The molecule has 1 heterocycles. The molecule has 0 radical (unpaired) electrons. The van der Waals surface area contributed by atoms with Crippen LogP contribution < -0.4 is 15.0 Å². The molecular formula is C20H24N2O3S. The number of benzene rings is 2. The molecule has 0 aromatic heterocycles. The van der Waals surface area contributed by atoms with Crippen LogP contribution in [0.3, 0.4) is 0 Å². The number of aryl methyl sites for hydroxylation is 1. The highest BCUT2D eigenvalue weighted by atomic mass is 32.2. The third kappa shape index (κ3) is 3.72. The molecule has 2 aromatic rings. The van der Waals surface area contributed by atoms with E-state index in [1.807, 2.05) is 50.4 Å². The Balaban J connectivity index is 2.02. The van der Waals surface area contributed by atoms with Crippen molar-refractivity contribution in [2.45, 2.75) is 23.2 Å². The first-order chi connectivity index (χ1) is 12.5. The second-order valence-electron chi connectivity index (χ2n) is 6.32. The number of fused-ring (bicyclic) bond motifs is 1. The summed E-state index contributed by atoms with van der Waals surface area (Å²) < 4.78 is 5.21. The molecule has 0 spiro atoms. The van der Waals surface area contributed by atoms with Crippen LogP contribution in [0.25, 0.3) is 0 Å². The summed E-state index contributed by atoms with van der Waals surface area (Å²) in [5, 5.41) is 13.6. The van der Waals surface area contributed by atoms with Crippen molar-refractivity contribution in [3.05, 3.63) is 53.6 Å². The summed E-state index contributed by atoms with van der Waals surface area (Å²) in [5.74, 6) is 0.483. The molecule has 5 nitrogen and oxygen atoms in total. The van der Waals surface area contributed by atoms with Gasteiger partial charge in [0.15, 0.2) is 0 Å². The van der Waals surface area contributed by atoms with Crippen molar-refractivity contribution in [1.29, 1.82) is 0 Å². The highest BCUT2D eigenvalue weighted by Gasteiger charge is 2.37. The van der Waals surface area contributed by atoms with E-state index in [1.165, 1.54) is 11.8 Å². The quantitative estimate of drug-likeness (QED) is 0.845. The van der Waals surface area contributed by atoms with Crippen LogP contribution in [0.1, 0.15) is 16.4 Å². The number of carbonyl (C=O) groups excluding carboxylic acids is 1. The average molecular weight is 372 g/mol. The monoisotopic (exact) mass is 372 g/mol. The van der Waals surface area contributed by atoms with E-state index in [-0.39, 0.29) is 11.2 Å². The molecule has 0 fully saturated rings. The van der Waals surface area contributed by atoms with Crippen molar-refractivity contribution in [3.8, 4) is 5.75 Å². The number of anilines is 1. The Morgan fingerprint density at radius 2 is 1.96 bits per heavy atom. The van der Waals surface area contributed by atoms with Gasteiger partial charge >= 0.3 is 0 Å². The van der Waals surface area contributed by atoms with E-state index in [2.05, 4.69) is 11.4 Å². The molecule has 1 amide bonds. The summed E-state index contributed by atoms with van der Waals surface area (Å²) in [6.45, 7) is 3.20. The van der Waals surface area contributed by atoms with Gasteiger partial charge in [-0.1, -0.05) is 18.2 Å². The third-order valence-corrected chi connectivity index (χ3v) is 5.86. The van der Waals surface area contributed by atoms with Gasteiger partial charge in [0.05, 0.1) is 18.0 Å². The number of thioether (sulfide) groups is 1. The zero-order valence-electron chi connectivity index (χ0n) is 15.2. The molecule has 2 N–H and O–H groups in total. The topological polar surface area (TPSA) is 61.8 Å². The number of aliphatic hydroxyl groups is 1. The maximum absolute atomic E-state index is 13.0. The van der Waals surface area contributed by atoms with E-state index in [1.54, 1.807) is 12.0 Å². The second kappa shape index (κ2) is 8.12. The molecule has 3 rings (SSSR count). The predicted molar refractivity (Wildman–Crippen MR) is 105 cm³/mol. The number of likely N-dealkylation sites (N-methyl/N-ethyl adjacent to an activating group) is 1. The Bertz CT molecular complexity index is 779. The molecule has 138 valence electrons. The Labute approximate surface area is 158 Å². The normalized spacial score (nSPS) is 19.8. The Kier molecular flexibility index (Phi) is 5.86. The minimum Gasteiger partial charge on any atom is -0.497 e. The minimum atomic E-state index is -1.11. The lowest BCUT2D eigenvalue weighted by molar-refractivity contribution is -0.126. The van der Waals surface area contributed by atoms with Crippen LogP contribution in [0.15, 0.2) is 47.4 Å². The average Bonchev–Trinajstić information content (AvgIpc) is 2.76. The summed E-state index contributed by atoms with van der Waals surface area (Å²) in [4.78, 5) is 15.7. The van der Waals surface area contributed by atoms with Gasteiger partial charge in [0.25, 0.3) is 5.91 Å². The number of aliphatic hydroxyl groups excluding tert-OH is 1. The minimum absolute atomic E-state index is 0.267. The SMILES string of the molecule is CNCCN1C(=O)[C@H](O)[C@H](c2ccc(OC)cc2)Sc2cc(C)ccc21. The fraction of sp³-hybridized carbons (Fsp3) is 0.350. The fourth-order valence-electron chi connectivity index (χ4n) is 3.05. The zero-order chi connectivity index (χ0) is 18.7. The summed E-state index contributed by atoms with van der Waals surface area (Å²) in [6, 6.07) is 13.6. The van der Waals surface area contributed by atoms with E-state index < -0.39 is 6.10 Å². The molecule has 0 saturated heterocycles. The largest absolute Gasteiger partial charge is 0.497 e. The molecule has 1 aliphatic heterocycles. The predicted octanol–water partition coefficient (Wildman–Crippen LogP) is 2.76. The molecule has 0 bridgehead atoms. The van der Waals surface area contributed by atoms with Crippen molar-refractivity contribution in [2.24, 2.45) is 0 Å². The summed E-state index contributed by atoms with van der Waals surface area (Å²) in [5.41, 5.74) is 2.89. The first-order valence-electron chi connectivity index (χ1n) is 8.60. The third-order valence-electron chi connectivity index (χ3n) is 4.50. The van der Waals surface area contributed by atoms with E-state index in [9.17, 15) is 9.90 Å². The number of hydrogen-bond acceptors (Lipinski definition) is 5. The molecular weight excluding hydrogens is 348 g/mol. The molecule has 1 aliphatic rings. The summed E-state index contributed by atoms with van der Waals surface area (Å²) in [6.07, 6.45) is -1.11. The number of amides is 1. The van der Waals surface area contributed by atoms with Gasteiger partial charge in [-0.2, -0.15) is 0 Å². The standard InChI is InChI=1S/C20H24N2O3S/c1-13-4-9-16-17(12-13)26-19(14-5-7-15(25-3)8-6-14)18(23)20(24)22(16)11-10-21-2/h4-9,12,18-19,21,23H,10-11H2,1-3H3/t18-,19+/m1/s1. The van der Waals surface area contributed by atoms with Crippen LogP contribution in [0.2, 0.25) is 0 Å². The maximum atomic E-state index is 13.0. The number of ether oxygens (including phenoxy) is 1. The van der Waals surface area contributed by atoms with Crippen molar-refractivity contribution < 1.29 is 14.6 Å². The van der Waals surface area contributed by atoms with Crippen LogP contribution in [0.5, 0.6) is 5.75 Å². The Hall–Kier alpha value is -2.02. The first-order valence-corrected chi connectivity index (χ1v) is 9.48. The van der Waals surface area contributed by atoms with Gasteiger partial charge in [0.1, 0.15) is 11.9 Å². The van der Waals surface area contributed by atoms with Gasteiger partial charge in [-0.15, -0.1) is 11.8 Å². The number of methoxy groups -OCH3 is 1. The van der Waals surface area contributed by atoms with E-state index in [0.29, 0.717) is 13.1 Å². The van der Waals surface area contributed by atoms with Crippen LogP contribution in [0, 0.1) is 6.92 Å². The second-order valence-corrected chi connectivity index (χ2v) is 7.50. The molecule has 26 heavy (non-hydrogen) atoms. The summed E-state index contributed by atoms with van der Waals surface area (Å²) in [7, 11) is 3.47. The lowest BCUT2D eigenvalue weighted by atomic mass is 10.1. The molecule has 2 atom stereocenters.